The molecule has 108 valence electrons. The zero-order valence-corrected chi connectivity index (χ0v) is 11.6. The van der Waals surface area contributed by atoms with Crippen LogP contribution in [-0.2, 0) is 6.54 Å². The second kappa shape index (κ2) is 7.39. The van der Waals surface area contributed by atoms with Crippen molar-refractivity contribution in [3.8, 4) is 11.8 Å². The van der Waals surface area contributed by atoms with Gasteiger partial charge in [0.1, 0.15) is 5.82 Å². The molecule has 1 heterocycles. The van der Waals surface area contributed by atoms with Gasteiger partial charge in [-0.05, 0) is 37.4 Å². The van der Waals surface area contributed by atoms with Crippen LogP contribution in [0.1, 0.15) is 24.0 Å². The van der Waals surface area contributed by atoms with Gasteiger partial charge in [0, 0.05) is 30.8 Å². The van der Waals surface area contributed by atoms with Crippen LogP contribution in [0.5, 0.6) is 0 Å². The third-order valence-electron chi connectivity index (χ3n) is 3.69. The maximum absolute atomic E-state index is 14.0. The first-order valence-electron chi connectivity index (χ1n) is 7.03. The first-order chi connectivity index (χ1) is 9.72. The van der Waals surface area contributed by atoms with Crippen LogP contribution in [0.15, 0.2) is 18.2 Å². The average molecular weight is 276 g/mol. The van der Waals surface area contributed by atoms with Crippen molar-refractivity contribution < 1.29 is 9.50 Å². The van der Waals surface area contributed by atoms with Crippen LogP contribution in [0.25, 0.3) is 0 Å². The van der Waals surface area contributed by atoms with E-state index in [2.05, 4.69) is 16.7 Å². The van der Waals surface area contributed by atoms with Gasteiger partial charge >= 0.3 is 0 Å². The fraction of sp³-hybridized carbons (Fsp3) is 0.500. The lowest BCUT2D eigenvalue weighted by Crippen LogP contribution is -2.21. The fourth-order valence-corrected chi connectivity index (χ4v) is 2.62. The molecule has 1 saturated heterocycles. The summed E-state index contributed by atoms with van der Waals surface area (Å²) in [5, 5.41) is 8.95. The first kappa shape index (κ1) is 15.0. The Labute approximate surface area is 119 Å². The summed E-state index contributed by atoms with van der Waals surface area (Å²) < 4.78 is 14.0. The molecule has 1 atom stereocenters. The molecule has 1 fully saturated rings. The minimum Gasteiger partial charge on any atom is -0.396 e. The molecule has 2 rings (SSSR count). The van der Waals surface area contributed by atoms with Crippen LogP contribution in [0.2, 0.25) is 0 Å². The van der Waals surface area contributed by atoms with Crippen LogP contribution >= 0.6 is 0 Å². The molecule has 4 heteroatoms. The Kier molecular flexibility index (Phi) is 5.54. The molecule has 0 aromatic heterocycles. The number of nitrogens with two attached hydrogens (primary N) is 1. The number of likely N-dealkylation sites (tertiary alicyclic amines) is 1. The average Bonchev–Trinajstić information content (AvgIpc) is 2.87. The molecule has 0 aliphatic carbocycles. The lowest BCUT2D eigenvalue weighted by molar-refractivity contribution is 0.248. The van der Waals surface area contributed by atoms with Gasteiger partial charge < -0.3 is 10.8 Å². The van der Waals surface area contributed by atoms with E-state index in [-0.39, 0.29) is 19.0 Å². The van der Waals surface area contributed by atoms with Gasteiger partial charge in [0.25, 0.3) is 0 Å². The lowest BCUT2D eigenvalue weighted by Gasteiger charge is -2.16. The van der Waals surface area contributed by atoms with Crippen molar-refractivity contribution in [2.24, 2.45) is 11.7 Å². The zero-order valence-electron chi connectivity index (χ0n) is 11.6. The molecule has 1 aliphatic heterocycles. The summed E-state index contributed by atoms with van der Waals surface area (Å²) in [5.41, 5.74) is 6.66. The van der Waals surface area contributed by atoms with Crippen LogP contribution in [0.4, 0.5) is 4.39 Å². The largest absolute Gasteiger partial charge is 0.396 e. The minimum absolute atomic E-state index is 0.209. The van der Waals surface area contributed by atoms with Crippen molar-refractivity contribution >= 4 is 0 Å². The van der Waals surface area contributed by atoms with Crippen LogP contribution in [0, 0.1) is 23.6 Å². The van der Waals surface area contributed by atoms with Crippen molar-refractivity contribution in [1.29, 1.82) is 0 Å². The summed E-state index contributed by atoms with van der Waals surface area (Å²) in [4.78, 5) is 2.24. The van der Waals surface area contributed by atoms with Crippen LogP contribution < -0.4 is 5.73 Å². The first-order valence-corrected chi connectivity index (χ1v) is 7.03. The van der Waals surface area contributed by atoms with Gasteiger partial charge in [-0.15, -0.1) is 0 Å². The molecule has 3 N–H and O–H groups in total. The van der Waals surface area contributed by atoms with Crippen molar-refractivity contribution in [1.82, 2.24) is 4.90 Å². The molecule has 20 heavy (non-hydrogen) atoms. The van der Waals surface area contributed by atoms with Gasteiger partial charge in [-0.3, -0.25) is 4.90 Å². The van der Waals surface area contributed by atoms with E-state index in [1.54, 1.807) is 6.07 Å². The predicted molar refractivity (Wildman–Crippen MR) is 77.4 cm³/mol. The topological polar surface area (TPSA) is 49.5 Å². The van der Waals surface area contributed by atoms with E-state index in [0.29, 0.717) is 23.6 Å². The molecule has 0 saturated carbocycles. The van der Waals surface area contributed by atoms with Gasteiger partial charge in [-0.1, -0.05) is 17.9 Å². The number of aliphatic hydroxyl groups excluding tert-OH is 1. The zero-order chi connectivity index (χ0) is 14.4. The number of halogens is 1. The Morgan fingerprint density at radius 2 is 2.30 bits per heavy atom. The van der Waals surface area contributed by atoms with E-state index in [4.69, 9.17) is 10.8 Å². The lowest BCUT2D eigenvalue weighted by atomic mass is 10.1. The number of aliphatic hydroxyl groups is 1. The van der Waals surface area contributed by atoms with E-state index >= 15 is 0 Å². The van der Waals surface area contributed by atoms with E-state index in [1.165, 1.54) is 6.07 Å². The highest BCUT2D eigenvalue weighted by Gasteiger charge is 2.22. The van der Waals surface area contributed by atoms with Gasteiger partial charge in [0.05, 0.1) is 6.54 Å². The molecule has 1 aromatic carbocycles. The van der Waals surface area contributed by atoms with Crippen molar-refractivity contribution in [3.05, 3.63) is 35.1 Å². The van der Waals surface area contributed by atoms with Crippen molar-refractivity contribution in [3.63, 3.8) is 0 Å². The Hall–Kier alpha value is -1.41. The minimum atomic E-state index is -0.209. The van der Waals surface area contributed by atoms with E-state index in [9.17, 15) is 4.39 Å². The number of nitrogens with zero attached hydrogens (tertiary/aromatic N) is 1. The van der Waals surface area contributed by atoms with E-state index in [1.807, 2.05) is 6.07 Å². The summed E-state index contributed by atoms with van der Waals surface area (Å²) >= 11 is 0. The normalized spacial score (nSPS) is 18.9. The molecular formula is C16H21FN2O. The molecule has 0 bridgehead atoms. The second-order valence-electron chi connectivity index (χ2n) is 5.21. The molecule has 0 spiro atoms. The third kappa shape index (κ3) is 4.04. The standard InChI is InChI=1S/C16H21FN2O/c17-16-10-13(2-1-7-18)3-4-15(16)12-19-8-5-14(11-19)6-9-20/h3-4,10,14,20H,5-9,11-12,18H2. The van der Waals surface area contributed by atoms with Crippen molar-refractivity contribution in [2.75, 3.05) is 26.2 Å². The maximum Gasteiger partial charge on any atom is 0.128 e. The highest BCUT2D eigenvalue weighted by Crippen LogP contribution is 2.22. The second-order valence-corrected chi connectivity index (χ2v) is 5.21. The highest BCUT2D eigenvalue weighted by molar-refractivity contribution is 5.37. The number of rotatable bonds is 4. The number of hydrogen-bond acceptors (Lipinski definition) is 3. The Bertz CT molecular complexity index is 507. The van der Waals surface area contributed by atoms with Crippen molar-refractivity contribution in [2.45, 2.75) is 19.4 Å². The summed E-state index contributed by atoms with van der Waals surface area (Å²) in [6.07, 6.45) is 1.93. The van der Waals surface area contributed by atoms with Gasteiger partial charge in [-0.2, -0.15) is 0 Å². The summed E-state index contributed by atoms with van der Waals surface area (Å²) in [7, 11) is 0. The fourth-order valence-electron chi connectivity index (χ4n) is 2.62. The SMILES string of the molecule is NCC#Cc1ccc(CN2CCC(CCO)C2)c(F)c1. The molecule has 1 unspecified atom stereocenters. The summed E-state index contributed by atoms with van der Waals surface area (Å²) in [5.74, 6) is 5.89. The van der Waals surface area contributed by atoms with Crippen LogP contribution in [0.3, 0.4) is 0 Å². The number of hydrogen-bond donors (Lipinski definition) is 2. The van der Waals surface area contributed by atoms with Gasteiger partial charge in [0.2, 0.25) is 0 Å². The molecule has 1 aliphatic rings. The van der Waals surface area contributed by atoms with Crippen LogP contribution in [-0.4, -0.2) is 36.2 Å². The number of benzene rings is 1. The quantitative estimate of drug-likeness (QED) is 0.816. The predicted octanol–water partition coefficient (Wildman–Crippen LogP) is 1.34. The summed E-state index contributed by atoms with van der Waals surface area (Å²) in [6.45, 7) is 3.05. The smallest absolute Gasteiger partial charge is 0.128 e. The monoisotopic (exact) mass is 276 g/mol. The van der Waals surface area contributed by atoms with E-state index < -0.39 is 0 Å². The molecular weight excluding hydrogens is 255 g/mol. The Morgan fingerprint density at radius 3 is 3.00 bits per heavy atom. The van der Waals surface area contributed by atoms with Gasteiger partial charge in [-0.25, -0.2) is 4.39 Å². The molecule has 3 nitrogen and oxygen atoms in total. The Balaban J connectivity index is 1.97. The highest BCUT2D eigenvalue weighted by atomic mass is 19.1. The van der Waals surface area contributed by atoms with Gasteiger partial charge in [0.15, 0.2) is 0 Å². The van der Waals surface area contributed by atoms with E-state index in [0.717, 1.165) is 25.9 Å². The third-order valence-corrected chi connectivity index (χ3v) is 3.69. The molecule has 0 amide bonds. The Morgan fingerprint density at radius 1 is 1.45 bits per heavy atom. The summed E-state index contributed by atoms with van der Waals surface area (Å²) in [6, 6.07) is 5.11. The maximum atomic E-state index is 14.0. The molecule has 1 aromatic rings. The molecule has 0 radical (unpaired) electrons.